The summed E-state index contributed by atoms with van der Waals surface area (Å²) < 4.78 is 8.14. The molecule has 1 saturated carbocycles. The Morgan fingerprint density at radius 3 is 2.61 bits per heavy atom. The van der Waals surface area contributed by atoms with Gasteiger partial charge in [0.05, 0.1) is 17.6 Å². The molecule has 1 aliphatic carbocycles. The second-order valence-electron chi connectivity index (χ2n) is 7.54. The van der Waals surface area contributed by atoms with Gasteiger partial charge in [0.15, 0.2) is 0 Å². The summed E-state index contributed by atoms with van der Waals surface area (Å²) in [4.78, 5) is 16.5. The molecule has 0 radical (unpaired) electrons. The zero-order valence-electron chi connectivity index (χ0n) is 16.4. The number of hydrogen-bond acceptors (Lipinski definition) is 3. The lowest BCUT2D eigenvalue weighted by Crippen LogP contribution is -2.10. The SMILES string of the molecule is CCCCOc1ccc(-c2nc3cc(C(N)=O)ccc3n2C2CCCC2)cc1. The fourth-order valence-electron chi connectivity index (χ4n) is 4.02. The first kappa shape index (κ1) is 18.5. The van der Waals surface area contributed by atoms with Crippen LogP contribution >= 0.6 is 0 Å². The van der Waals surface area contributed by atoms with Crippen LogP contribution in [-0.2, 0) is 0 Å². The lowest BCUT2D eigenvalue weighted by atomic mass is 10.1. The highest BCUT2D eigenvalue weighted by molar-refractivity contribution is 5.96. The number of carbonyl (C=O) groups is 1. The van der Waals surface area contributed by atoms with Crippen LogP contribution in [0.25, 0.3) is 22.4 Å². The summed E-state index contributed by atoms with van der Waals surface area (Å²) in [6.07, 6.45) is 6.99. The summed E-state index contributed by atoms with van der Waals surface area (Å²) >= 11 is 0. The second kappa shape index (κ2) is 8.05. The summed E-state index contributed by atoms with van der Waals surface area (Å²) in [5.41, 5.74) is 8.90. The molecule has 0 unspecified atom stereocenters. The number of imidazole rings is 1. The van der Waals surface area contributed by atoms with Crippen molar-refractivity contribution in [2.24, 2.45) is 5.73 Å². The summed E-state index contributed by atoms with van der Waals surface area (Å²) in [5.74, 6) is 1.41. The molecular formula is C23H27N3O2. The van der Waals surface area contributed by atoms with Crippen molar-refractivity contribution >= 4 is 16.9 Å². The van der Waals surface area contributed by atoms with E-state index in [0.29, 0.717) is 11.6 Å². The van der Waals surface area contributed by atoms with E-state index in [1.165, 1.54) is 12.8 Å². The van der Waals surface area contributed by atoms with Crippen LogP contribution in [-0.4, -0.2) is 22.1 Å². The minimum atomic E-state index is -0.424. The molecule has 0 atom stereocenters. The van der Waals surface area contributed by atoms with Gasteiger partial charge in [0, 0.05) is 17.2 Å². The molecule has 5 heteroatoms. The number of fused-ring (bicyclic) bond motifs is 1. The average Bonchev–Trinajstić information content (AvgIpc) is 3.35. The van der Waals surface area contributed by atoms with Crippen LogP contribution in [0.15, 0.2) is 42.5 Å². The Morgan fingerprint density at radius 1 is 1.18 bits per heavy atom. The van der Waals surface area contributed by atoms with Gasteiger partial charge in [-0.1, -0.05) is 26.2 Å². The van der Waals surface area contributed by atoms with Crippen LogP contribution in [0, 0.1) is 0 Å². The van der Waals surface area contributed by atoms with E-state index in [2.05, 4.69) is 23.6 Å². The number of aromatic nitrogens is 2. The van der Waals surface area contributed by atoms with Gasteiger partial charge in [-0.15, -0.1) is 0 Å². The van der Waals surface area contributed by atoms with Gasteiger partial charge < -0.3 is 15.0 Å². The Hall–Kier alpha value is -2.82. The largest absolute Gasteiger partial charge is 0.494 e. The monoisotopic (exact) mass is 377 g/mol. The summed E-state index contributed by atoms with van der Waals surface area (Å²) in [7, 11) is 0. The molecule has 4 rings (SSSR count). The molecule has 1 fully saturated rings. The van der Waals surface area contributed by atoms with E-state index >= 15 is 0 Å². The highest BCUT2D eigenvalue weighted by Gasteiger charge is 2.23. The van der Waals surface area contributed by atoms with Gasteiger partial charge in [-0.2, -0.15) is 0 Å². The normalized spacial score (nSPS) is 14.6. The molecule has 2 N–H and O–H groups in total. The van der Waals surface area contributed by atoms with Gasteiger partial charge >= 0.3 is 0 Å². The maximum Gasteiger partial charge on any atom is 0.248 e. The van der Waals surface area contributed by atoms with Gasteiger partial charge in [-0.3, -0.25) is 4.79 Å². The quantitative estimate of drug-likeness (QED) is 0.583. The molecule has 0 bridgehead atoms. The number of ether oxygens (including phenoxy) is 1. The maximum atomic E-state index is 11.6. The first-order valence-corrected chi connectivity index (χ1v) is 10.2. The van der Waals surface area contributed by atoms with Gasteiger partial charge in [0.25, 0.3) is 0 Å². The van der Waals surface area contributed by atoms with E-state index in [0.717, 1.165) is 60.5 Å². The van der Waals surface area contributed by atoms with Crippen molar-refractivity contribution in [2.45, 2.75) is 51.5 Å². The Labute approximate surface area is 165 Å². The van der Waals surface area contributed by atoms with Gasteiger partial charge in [0.2, 0.25) is 5.91 Å². The number of nitrogens with zero attached hydrogens (tertiary/aromatic N) is 2. The van der Waals surface area contributed by atoms with E-state index in [1.807, 2.05) is 18.2 Å². The minimum Gasteiger partial charge on any atom is -0.494 e. The van der Waals surface area contributed by atoms with E-state index < -0.39 is 5.91 Å². The summed E-state index contributed by atoms with van der Waals surface area (Å²) in [6.45, 7) is 2.90. The van der Waals surface area contributed by atoms with Crippen molar-refractivity contribution in [1.82, 2.24) is 9.55 Å². The van der Waals surface area contributed by atoms with E-state index in [4.69, 9.17) is 15.5 Å². The number of nitrogens with two attached hydrogens (primary N) is 1. The van der Waals surface area contributed by atoms with Crippen LogP contribution in [0.5, 0.6) is 5.75 Å². The molecule has 146 valence electrons. The van der Waals surface area contributed by atoms with Crippen molar-refractivity contribution in [3.8, 4) is 17.1 Å². The third-order valence-electron chi connectivity index (χ3n) is 5.54. The molecule has 5 nitrogen and oxygen atoms in total. The van der Waals surface area contributed by atoms with Gasteiger partial charge in [0.1, 0.15) is 11.6 Å². The molecule has 0 aliphatic heterocycles. The van der Waals surface area contributed by atoms with Crippen LogP contribution in [0.2, 0.25) is 0 Å². The number of amides is 1. The molecule has 3 aromatic rings. The van der Waals surface area contributed by atoms with Crippen LogP contribution < -0.4 is 10.5 Å². The Morgan fingerprint density at radius 2 is 1.93 bits per heavy atom. The fraction of sp³-hybridized carbons (Fsp3) is 0.391. The highest BCUT2D eigenvalue weighted by atomic mass is 16.5. The Bertz CT molecular complexity index is 969. The van der Waals surface area contributed by atoms with Gasteiger partial charge in [-0.25, -0.2) is 4.98 Å². The average molecular weight is 377 g/mol. The minimum absolute atomic E-state index is 0.424. The van der Waals surface area contributed by atoms with Crippen molar-refractivity contribution in [3.05, 3.63) is 48.0 Å². The smallest absolute Gasteiger partial charge is 0.248 e. The predicted octanol–water partition coefficient (Wildman–Crippen LogP) is 5.10. The van der Waals surface area contributed by atoms with Crippen molar-refractivity contribution in [1.29, 1.82) is 0 Å². The zero-order valence-corrected chi connectivity index (χ0v) is 16.4. The van der Waals surface area contributed by atoms with E-state index in [9.17, 15) is 4.79 Å². The number of benzene rings is 2. The van der Waals surface area contributed by atoms with E-state index in [-0.39, 0.29) is 0 Å². The summed E-state index contributed by atoms with van der Waals surface area (Å²) in [6, 6.07) is 14.2. The number of primary amides is 1. The van der Waals surface area contributed by atoms with Crippen LogP contribution in [0.3, 0.4) is 0 Å². The van der Waals surface area contributed by atoms with Crippen LogP contribution in [0.4, 0.5) is 0 Å². The second-order valence-corrected chi connectivity index (χ2v) is 7.54. The lowest BCUT2D eigenvalue weighted by Gasteiger charge is -2.17. The lowest BCUT2D eigenvalue weighted by molar-refractivity contribution is 0.100. The fourth-order valence-corrected chi connectivity index (χ4v) is 4.02. The molecule has 1 aromatic heterocycles. The molecule has 2 aromatic carbocycles. The predicted molar refractivity (Wildman–Crippen MR) is 112 cm³/mol. The first-order chi connectivity index (χ1) is 13.7. The number of rotatable bonds is 7. The molecule has 1 amide bonds. The van der Waals surface area contributed by atoms with Crippen LogP contribution in [0.1, 0.15) is 61.8 Å². The number of hydrogen-bond donors (Lipinski definition) is 1. The third kappa shape index (κ3) is 3.61. The standard InChI is InChI=1S/C23H27N3O2/c1-2-3-14-28-19-11-8-16(9-12-19)23-25-20-15-17(22(24)27)10-13-21(20)26(23)18-6-4-5-7-18/h8-13,15,18H,2-7,14H2,1H3,(H2,24,27). The topological polar surface area (TPSA) is 70.1 Å². The Kier molecular flexibility index (Phi) is 5.33. The molecule has 1 aliphatic rings. The molecule has 28 heavy (non-hydrogen) atoms. The zero-order chi connectivity index (χ0) is 19.5. The molecule has 0 spiro atoms. The number of carbonyl (C=O) groups excluding carboxylic acids is 1. The van der Waals surface area contributed by atoms with E-state index in [1.54, 1.807) is 12.1 Å². The summed E-state index contributed by atoms with van der Waals surface area (Å²) in [5, 5.41) is 0. The van der Waals surface area contributed by atoms with Crippen molar-refractivity contribution < 1.29 is 9.53 Å². The Balaban J connectivity index is 1.74. The molecular weight excluding hydrogens is 350 g/mol. The highest BCUT2D eigenvalue weighted by Crippen LogP contribution is 2.37. The number of unbranched alkanes of at least 4 members (excludes halogenated alkanes) is 1. The van der Waals surface area contributed by atoms with Crippen molar-refractivity contribution in [3.63, 3.8) is 0 Å². The molecule has 0 saturated heterocycles. The first-order valence-electron chi connectivity index (χ1n) is 10.2. The molecule has 1 heterocycles. The third-order valence-corrected chi connectivity index (χ3v) is 5.54. The van der Waals surface area contributed by atoms with Crippen molar-refractivity contribution in [2.75, 3.05) is 6.61 Å². The van der Waals surface area contributed by atoms with Gasteiger partial charge in [-0.05, 0) is 61.7 Å². The maximum absolute atomic E-state index is 11.6.